The van der Waals surface area contributed by atoms with Crippen LogP contribution in [0.5, 0.6) is 0 Å². The third-order valence-corrected chi connectivity index (χ3v) is 5.91. The molecule has 0 aliphatic carbocycles. The van der Waals surface area contributed by atoms with Gasteiger partial charge in [0.15, 0.2) is 0 Å². The van der Waals surface area contributed by atoms with Crippen LogP contribution in [-0.2, 0) is 9.59 Å². The van der Waals surface area contributed by atoms with Crippen LogP contribution in [0.3, 0.4) is 0 Å². The summed E-state index contributed by atoms with van der Waals surface area (Å²) >= 11 is 0. The first-order chi connectivity index (χ1) is 16.4. The summed E-state index contributed by atoms with van der Waals surface area (Å²) < 4.78 is 1.37. The van der Waals surface area contributed by atoms with E-state index in [1.54, 1.807) is 36.5 Å². The Bertz CT molecular complexity index is 1380. The van der Waals surface area contributed by atoms with Gasteiger partial charge in [0.2, 0.25) is 5.91 Å². The summed E-state index contributed by atoms with van der Waals surface area (Å²) in [6.07, 6.45) is 3.94. The van der Waals surface area contributed by atoms with E-state index in [-0.39, 0.29) is 23.0 Å². The minimum Gasteiger partial charge on any atom is -0.369 e. The van der Waals surface area contributed by atoms with Gasteiger partial charge in [0.1, 0.15) is 23.1 Å². The van der Waals surface area contributed by atoms with Crippen LogP contribution in [-0.4, -0.2) is 34.3 Å². The van der Waals surface area contributed by atoms with Gasteiger partial charge in [0, 0.05) is 30.9 Å². The average Bonchev–Trinajstić information content (AvgIpc) is 2.85. The maximum absolute atomic E-state index is 13.4. The predicted molar refractivity (Wildman–Crippen MR) is 129 cm³/mol. The number of nitrogens with one attached hydrogen (secondary N) is 1. The number of benzene rings is 1. The fourth-order valence-corrected chi connectivity index (χ4v) is 3.96. The molecule has 3 aromatic rings. The number of anilines is 2. The molecular weight excluding hydrogens is 432 g/mol. The Hall–Kier alpha value is -4.45. The van der Waals surface area contributed by atoms with Crippen molar-refractivity contribution < 1.29 is 9.59 Å². The summed E-state index contributed by atoms with van der Waals surface area (Å²) in [5.74, 6) is -0.824. The Labute approximate surface area is 196 Å². The highest BCUT2D eigenvalue weighted by molar-refractivity contribution is 6.10. The molecule has 4 rings (SSSR count). The van der Waals surface area contributed by atoms with Crippen LogP contribution < -0.4 is 21.5 Å². The maximum atomic E-state index is 13.4. The van der Waals surface area contributed by atoms with Crippen molar-refractivity contribution in [3.8, 4) is 6.07 Å². The topological polar surface area (TPSA) is 134 Å². The van der Waals surface area contributed by atoms with Crippen LogP contribution in [0.1, 0.15) is 24.0 Å². The van der Waals surface area contributed by atoms with Crippen LogP contribution in [0.4, 0.5) is 11.5 Å². The molecule has 9 heteroatoms. The number of rotatable bonds is 5. The van der Waals surface area contributed by atoms with E-state index >= 15 is 0 Å². The first kappa shape index (κ1) is 22.7. The lowest BCUT2D eigenvalue weighted by molar-refractivity contribution is -0.122. The molecule has 34 heavy (non-hydrogen) atoms. The molecule has 0 spiro atoms. The fourth-order valence-electron chi connectivity index (χ4n) is 3.96. The quantitative estimate of drug-likeness (QED) is 0.447. The molecule has 0 atom stereocenters. The standard InChI is InChI=1S/C25H24N6O3/c1-16-5-7-19(8-6-16)28-24(33)18(15-26)14-20-23(30-12-9-17(10-13-30)22(27)32)29-21-4-2-3-11-31(21)25(20)34/h2-8,11,14,17H,9-10,12-13H2,1H3,(H2,27,32)(H,28,33)/b18-14+. The molecule has 3 N–H and O–H groups in total. The van der Waals surface area contributed by atoms with Gasteiger partial charge < -0.3 is 16.0 Å². The average molecular weight is 457 g/mol. The van der Waals surface area contributed by atoms with Gasteiger partial charge in [-0.05, 0) is 50.1 Å². The van der Waals surface area contributed by atoms with Crippen molar-refractivity contribution in [2.45, 2.75) is 19.8 Å². The normalized spacial score (nSPS) is 14.6. The number of carbonyl (C=O) groups is 2. The third-order valence-electron chi connectivity index (χ3n) is 5.91. The zero-order valence-electron chi connectivity index (χ0n) is 18.7. The number of hydrogen-bond donors (Lipinski definition) is 2. The number of carbonyl (C=O) groups excluding carboxylic acids is 2. The molecule has 1 saturated heterocycles. The van der Waals surface area contributed by atoms with Crippen molar-refractivity contribution >= 4 is 35.0 Å². The Balaban J connectivity index is 1.75. The second-order valence-corrected chi connectivity index (χ2v) is 8.24. The second-order valence-electron chi connectivity index (χ2n) is 8.24. The third kappa shape index (κ3) is 4.66. The van der Waals surface area contributed by atoms with Crippen molar-refractivity contribution in [3.63, 3.8) is 0 Å². The highest BCUT2D eigenvalue weighted by Gasteiger charge is 2.27. The number of piperidine rings is 1. The smallest absolute Gasteiger partial charge is 0.267 e. The van der Waals surface area contributed by atoms with Gasteiger partial charge in [0.25, 0.3) is 11.5 Å². The lowest BCUT2D eigenvalue weighted by Gasteiger charge is -2.32. The molecule has 3 heterocycles. The molecule has 0 bridgehead atoms. The number of nitriles is 1. The lowest BCUT2D eigenvalue weighted by atomic mass is 9.96. The number of aromatic nitrogens is 2. The van der Waals surface area contributed by atoms with E-state index in [1.165, 1.54) is 10.5 Å². The number of hydrogen-bond acceptors (Lipinski definition) is 6. The van der Waals surface area contributed by atoms with E-state index in [2.05, 4.69) is 10.3 Å². The molecule has 1 aromatic carbocycles. The van der Waals surface area contributed by atoms with Gasteiger partial charge in [-0.2, -0.15) is 5.26 Å². The molecule has 2 amide bonds. The van der Waals surface area contributed by atoms with Crippen molar-refractivity contribution in [3.05, 3.63) is 75.7 Å². The largest absolute Gasteiger partial charge is 0.369 e. The van der Waals surface area contributed by atoms with E-state index in [4.69, 9.17) is 5.73 Å². The number of nitrogens with zero attached hydrogens (tertiary/aromatic N) is 4. The summed E-state index contributed by atoms with van der Waals surface area (Å²) in [6.45, 7) is 2.88. The van der Waals surface area contributed by atoms with Crippen molar-refractivity contribution in [2.24, 2.45) is 11.7 Å². The van der Waals surface area contributed by atoms with Gasteiger partial charge in [-0.25, -0.2) is 4.98 Å². The van der Waals surface area contributed by atoms with Gasteiger partial charge in [-0.1, -0.05) is 23.8 Å². The van der Waals surface area contributed by atoms with E-state index in [0.29, 0.717) is 43.1 Å². The van der Waals surface area contributed by atoms with Gasteiger partial charge >= 0.3 is 0 Å². The number of nitrogens with two attached hydrogens (primary N) is 1. The highest BCUT2D eigenvalue weighted by Crippen LogP contribution is 2.25. The fraction of sp³-hybridized carbons (Fsp3) is 0.240. The molecule has 1 aliphatic rings. The van der Waals surface area contributed by atoms with Crippen LogP contribution in [0.15, 0.2) is 59.0 Å². The van der Waals surface area contributed by atoms with Crippen molar-refractivity contribution in [1.82, 2.24) is 9.38 Å². The minimum atomic E-state index is -0.623. The molecule has 172 valence electrons. The Morgan fingerprint density at radius 2 is 1.88 bits per heavy atom. The summed E-state index contributed by atoms with van der Waals surface area (Å²) in [4.78, 5) is 44.3. The zero-order valence-corrected chi connectivity index (χ0v) is 18.7. The Kier molecular flexibility index (Phi) is 6.41. The monoisotopic (exact) mass is 456 g/mol. The number of amides is 2. The summed E-state index contributed by atoms with van der Waals surface area (Å²) in [6, 6.07) is 14.3. The van der Waals surface area contributed by atoms with Crippen LogP contribution in [0, 0.1) is 24.2 Å². The zero-order chi connectivity index (χ0) is 24.2. The number of aryl methyl sites for hydroxylation is 1. The van der Waals surface area contributed by atoms with E-state index in [1.807, 2.05) is 30.0 Å². The molecule has 1 aliphatic heterocycles. The molecule has 0 saturated carbocycles. The summed E-state index contributed by atoms with van der Waals surface area (Å²) in [5.41, 5.74) is 6.99. The molecule has 9 nitrogen and oxygen atoms in total. The lowest BCUT2D eigenvalue weighted by Crippen LogP contribution is -2.40. The second kappa shape index (κ2) is 9.58. The number of fused-ring (bicyclic) bond motifs is 1. The predicted octanol–water partition coefficient (Wildman–Crippen LogP) is 2.25. The first-order valence-electron chi connectivity index (χ1n) is 10.9. The van der Waals surface area contributed by atoms with E-state index in [9.17, 15) is 19.6 Å². The SMILES string of the molecule is Cc1ccc(NC(=O)/C(C#N)=C/c2c(N3CCC(C(N)=O)CC3)nc3ccccn3c2=O)cc1. The van der Waals surface area contributed by atoms with Gasteiger partial charge in [0.05, 0.1) is 5.56 Å². The molecule has 0 radical (unpaired) electrons. The highest BCUT2D eigenvalue weighted by atomic mass is 16.2. The summed E-state index contributed by atoms with van der Waals surface area (Å²) in [5, 5.41) is 12.4. The van der Waals surface area contributed by atoms with Crippen molar-refractivity contribution in [2.75, 3.05) is 23.3 Å². The number of primary amides is 1. The Morgan fingerprint density at radius 3 is 2.53 bits per heavy atom. The minimum absolute atomic E-state index is 0.136. The van der Waals surface area contributed by atoms with E-state index in [0.717, 1.165) is 5.56 Å². The van der Waals surface area contributed by atoms with Crippen LogP contribution in [0.2, 0.25) is 0 Å². The molecular formula is C25H24N6O3. The number of pyridine rings is 1. The van der Waals surface area contributed by atoms with Gasteiger partial charge in [-0.3, -0.25) is 18.8 Å². The molecule has 1 fully saturated rings. The molecule has 0 unspecified atom stereocenters. The van der Waals surface area contributed by atoms with Crippen molar-refractivity contribution in [1.29, 1.82) is 5.26 Å². The molecule has 2 aromatic heterocycles. The summed E-state index contributed by atoms with van der Waals surface area (Å²) in [7, 11) is 0. The van der Waals surface area contributed by atoms with Crippen LogP contribution >= 0.6 is 0 Å². The maximum Gasteiger partial charge on any atom is 0.267 e. The van der Waals surface area contributed by atoms with Crippen LogP contribution in [0.25, 0.3) is 11.7 Å². The van der Waals surface area contributed by atoms with E-state index < -0.39 is 11.5 Å². The van der Waals surface area contributed by atoms with Gasteiger partial charge in [-0.15, -0.1) is 0 Å². The Morgan fingerprint density at radius 1 is 1.18 bits per heavy atom. The first-order valence-corrected chi connectivity index (χ1v) is 10.9.